The first kappa shape index (κ1) is 13.7. The largest absolute Gasteiger partial charge is 0.298 e. The van der Waals surface area contributed by atoms with Crippen LogP contribution < -0.4 is 0 Å². The first-order valence-electron chi connectivity index (χ1n) is 5.60. The molecule has 0 radical (unpaired) electrons. The minimum atomic E-state index is -2.32. The predicted octanol–water partition coefficient (Wildman–Crippen LogP) is 3.26. The maximum Gasteiger partial charge on any atom is 0.247 e. The first-order valence-corrected chi connectivity index (χ1v) is 6.59. The fraction of sp³-hybridized carbons (Fsp3) is 0.231. The zero-order valence-electron chi connectivity index (χ0n) is 10.2. The lowest BCUT2D eigenvalue weighted by Crippen LogP contribution is -1.93. The summed E-state index contributed by atoms with van der Waals surface area (Å²) in [6.07, 6.45) is 0.0750. The van der Waals surface area contributed by atoms with Gasteiger partial charge in [0.2, 0.25) is 6.43 Å². The molecule has 6 heteroatoms. The van der Waals surface area contributed by atoms with Crippen molar-refractivity contribution in [2.45, 2.75) is 11.3 Å². The molecular weight excluding hydrogens is 270 g/mol. The van der Waals surface area contributed by atoms with Crippen molar-refractivity contribution in [1.82, 2.24) is 9.78 Å². The molecule has 0 saturated heterocycles. The van der Waals surface area contributed by atoms with E-state index in [1.54, 1.807) is 42.2 Å². The fourth-order valence-corrected chi connectivity index (χ4v) is 2.33. The monoisotopic (exact) mass is 282 g/mol. The molecule has 19 heavy (non-hydrogen) atoms. The normalized spacial score (nSPS) is 10.9. The molecule has 0 aliphatic carbocycles. The lowest BCUT2D eigenvalue weighted by Gasteiger charge is -2.02. The van der Waals surface area contributed by atoms with Crippen LogP contribution >= 0.6 is 11.8 Å². The van der Waals surface area contributed by atoms with E-state index in [2.05, 4.69) is 5.10 Å². The van der Waals surface area contributed by atoms with E-state index < -0.39 is 6.43 Å². The smallest absolute Gasteiger partial charge is 0.247 e. The number of rotatable bonds is 5. The molecule has 0 unspecified atom stereocenters. The maximum absolute atomic E-state index is 12.1. The van der Waals surface area contributed by atoms with Crippen LogP contribution in [0.2, 0.25) is 0 Å². The molecular formula is C13H12F2N2OS. The van der Waals surface area contributed by atoms with Crippen LogP contribution in [0.4, 0.5) is 8.78 Å². The van der Waals surface area contributed by atoms with Crippen molar-refractivity contribution in [2.75, 3.05) is 5.75 Å². The van der Waals surface area contributed by atoms with Gasteiger partial charge in [-0.05, 0) is 12.1 Å². The van der Waals surface area contributed by atoms with Gasteiger partial charge in [0.15, 0.2) is 6.29 Å². The summed E-state index contributed by atoms with van der Waals surface area (Å²) in [6.45, 7) is 0. The Hall–Kier alpha value is -1.69. The molecule has 0 atom stereocenters. The molecule has 1 heterocycles. The predicted molar refractivity (Wildman–Crippen MR) is 70.8 cm³/mol. The van der Waals surface area contributed by atoms with Gasteiger partial charge in [0.25, 0.3) is 0 Å². The average molecular weight is 282 g/mol. The average Bonchev–Trinajstić information content (AvgIpc) is 2.78. The van der Waals surface area contributed by atoms with E-state index >= 15 is 0 Å². The molecule has 0 amide bonds. The lowest BCUT2D eigenvalue weighted by molar-refractivity contribution is 0.112. The minimum absolute atomic E-state index is 0.220. The Balaban J connectivity index is 2.19. The van der Waals surface area contributed by atoms with Crippen molar-refractivity contribution in [3.8, 4) is 11.3 Å². The Bertz CT molecular complexity index is 567. The highest BCUT2D eigenvalue weighted by Gasteiger charge is 2.10. The quantitative estimate of drug-likeness (QED) is 0.623. The number of aldehydes is 1. The summed E-state index contributed by atoms with van der Waals surface area (Å²) in [5.74, 6) is -0.220. The summed E-state index contributed by atoms with van der Waals surface area (Å²) in [5.41, 5.74) is 1.91. The number of carbonyl (C=O) groups excluding carboxylic acids is 1. The molecule has 0 fully saturated rings. The first-order chi connectivity index (χ1) is 9.10. The highest BCUT2D eigenvalue weighted by atomic mass is 32.2. The van der Waals surface area contributed by atoms with Crippen molar-refractivity contribution in [3.05, 3.63) is 36.0 Å². The lowest BCUT2D eigenvalue weighted by atomic mass is 10.1. The van der Waals surface area contributed by atoms with Gasteiger partial charge in [-0.1, -0.05) is 12.1 Å². The molecule has 2 aromatic rings. The third-order valence-electron chi connectivity index (χ3n) is 2.49. The Morgan fingerprint density at radius 1 is 1.37 bits per heavy atom. The van der Waals surface area contributed by atoms with E-state index in [-0.39, 0.29) is 5.75 Å². The van der Waals surface area contributed by atoms with E-state index in [0.717, 1.165) is 28.5 Å². The highest BCUT2D eigenvalue weighted by Crippen LogP contribution is 2.25. The van der Waals surface area contributed by atoms with Gasteiger partial charge in [0.05, 0.1) is 11.3 Å². The van der Waals surface area contributed by atoms with Crippen molar-refractivity contribution >= 4 is 18.0 Å². The van der Waals surface area contributed by atoms with E-state index in [4.69, 9.17) is 0 Å². The number of nitrogens with zero attached hydrogens (tertiary/aromatic N) is 2. The maximum atomic E-state index is 12.1. The Morgan fingerprint density at radius 3 is 2.63 bits per heavy atom. The second-order valence-corrected chi connectivity index (χ2v) is 5.04. The van der Waals surface area contributed by atoms with Gasteiger partial charge in [-0.3, -0.25) is 9.48 Å². The molecule has 1 aromatic carbocycles. The van der Waals surface area contributed by atoms with Crippen molar-refractivity contribution < 1.29 is 13.6 Å². The van der Waals surface area contributed by atoms with E-state index in [1.165, 1.54) is 0 Å². The van der Waals surface area contributed by atoms with Crippen LogP contribution in [0.3, 0.4) is 0 Å². The Labute approximate surface area is 113 Å². The molecule has 0 saturated carbocycles. The molecule has 0 bridgehead atoms. The van der Waals surface area contributed by atoms with Gasteiger partial charge in [0, 0.05) is 23.7 Å². The molecule has 100 valence electrons. The van der Waals surface area contributed by atoms with Crippen LogP contribution in [0.15, 0.2) is 35.4 Å². The zero-order valence-corrected chi connectivity index (χ0v) is 11.0. The van der Waals surface area contributed by atoms with Crippen LogP contribution in [0, 0.1) is 0 Å². The number of hydrogen-bond donors (Lipinski definition) is 0. The second kappa shape index (κ2) is 5.97. The van der Waals surface area contributed by atoms with Gasteiger partial charge in [0.1, 0.15) is 5.69 Å². The number of hydrogen-bond acceptors (Lipinski definition) is 3. The Morgan fingerprint density at radius 2 is 2.05 bits per heavy atom. The summed E-state index contributed by atoms with van der Waals surface area (Å²) in [4.78, 5) is 11.7. The number of alkyl halides is 2. The van der Waals surface area contributed by atoms with Gasteiger partial charge in [-0.15, -0.1) is 11.8 Å². The van der Waals surface area contributed by atoms with E-state index in [9.17, 15) is 13.6 Å². The molecule has 0 spiro atoms. The van der Waals surface area contributed by atoms with Crippen LogP contribution in [0.5, 0.6) is 0 Å². The summed E-state index contributed by atoms with van der Waals surface area (Å²) < 4.78 is 25.8. The van der Waals surface area contributed by atoms with Gasteiger partial charge < -0.3 is 0 Å². The summed E-state index contributed by atoms with van der Waals surface area (Å²) in [6, 6.07) is 7.07. The molecule has 0 aliphatic heterocycles. The zero-order chi connectivity index (χ0) is 13.8. The van der Waals surface area contributed by atoms with Crippen LogP contribution in [-0.4, -0.2) is 28.2 Å². The summed E-state index contributed by atoms with van der Waals surface area (Å²) >= 11 is 1.10. The molecule has 0 aliphatic rings. The topological polar surface area (TPSA) is 34.9 Å². The highest BCUT2D eigenvalue weighted by molar-refractivity contribution is 7.99. The molecule has 2 rings (SSSR count). The number of carbonyl (C=O) groups is 1. The van der Waals surface area contributed by atoms with Gasteiger partial charge >= 0.3 is 0 Å². The SMILES string of the molecule is Cn1cc(C=O)c(-c2ccc(SCC(F)F)cc2)n1. The van der Waals surface area contributed by atoms with Crippen molar-refractivity contribution in [3.63, 3.8) is 0 Å². The number of halogens is 2. The third kappa shape index (κ3) is 3.41. The number of thioether (sulfide) groups is 1. The van der Waals surface area contributed by atoms with Crippen LogP contribution in [0.25, 0.3) is 11.3 Å². The van der Waals surface area contributed by atoms with Crippen LogP contribution in [0.1, 0.15) is 10.4 Å². The Kier molecular flexibility index (Phi) is 4.31. The molecule has 0 N–H and O–H groups in total. The van der Waals surface area contributed by atoms with Crippen molar-refractivity contribution in [2.24, 2.45) is 7.05 Å². The molecule has 1 aromatic heterocycles. The summed E-state index contributed by atoms with van der Waals surface area (Å²) in [7, 11) is 1.74. The fourth-order valence-electron chi connectivity index (χ4n) is 1.69. The third-order valence-corrected chi connectivity index (χ3v) is 3.51. The number of aryl methyl sites for hydroxylation is 1. The minimum Gasteiger partial charge on any atom is -0.298 e. The van der Waals surface area contributed by atoms with E-state index in [1.807, 2.05) is 0 Å². The van der Waals surface area contributed by atoms with Crippen LogP contribution in [-0.2, 0) is 7.05 Å². The van der Waals surface area contributed by atoms with Gasteiger partial charge in [-0.25, -0.2) is 8.78 Å². The summed E-state index contributed by atoms with van der Waals surface area (Å²) in [5, 5.41) is 4.21. The molecule has 3 nitrogen and oxygen atoms in total. The van der Waals surface area contributed by atoms with Crippen molar-refractivity contribution in [1.29, 1.82) is 0 Å². The number of benzene rings is 1. The van der Waals surface area contributed by atoms with Gasteiger partial charge in [-0.2, -0.15) is 5.10 Å². The standard InChI is InChI=1S/C13H12F2N2OS/c1-17-6-10(7-18)13(16-17)9-2-4-11(5-3-9)19-8-12(14)15/h2-7,12H,8H2,1H3. The second-order valence-electron chi connectivity index (χ2n) is 3.95. The van der Waals surface area contributed by atoms with E-state index in [0.29, 0.717) is 11.3 Å². The number of aromatic nitrogens is 2.